The number of piperidine rings is 1. The summed E-state index contributed by atoms with van der Waals surface area (Å²) in [4.78, 5) is 29.4. The minimum absolute atomic E-state index is 0.0550. The Morgan fingerprint density at radius 1 is 1.08 bits per heavy atom. The van der Waals surface area contributed by atoms with Gasteiger partial charge in [-0.3, -0.25) is 9.59 Å². The summed E-state index contributed by atoms with van der Waals surface area (Å²) in [7, 11) is 0. The maximum absolute atomic E-state index is 12.9. The summed E-state index contributed by atoms with van der Waals surface area (Å²) >= 11 is 0. The first-order valence-electron chi connectivity index (χ1n) is 9.24. The van der Waals surface area contributed by atoms with E-state index in [1.54, 1.807) is 4.90 Å². The highest BCUT2D eigenvalue weighted by Gasteiger charge is 2.39. The molecule has 4 heteroatoms. The number of benzene rings is 2. The van der Waals surface area contributed by atoms with Gasteiger partial charge in [0.05, 0.1) is 11.6 Å². The molecule has 2 unspecified atom stereocenters. The summed E-state index contributed by atoms with van der Waals surface area (Å²) < 4.78 is 0. The van der Waals surface area contributed by atoms with Crippen LogP contribution in [0.1, 0.15) is 32.6 Å². The Bertz CT molecular complexity index is 811. The number of nitrogens with zero attached hydrogens (tertiary/aromatic N) is 2. The lowest BCUT2D eigenvalue weighted by molar-refractivity contribution is -0.139. The van der Waals surface area contributed by atoms with Crippen LogP contribution in [0.5, 0.6) is 0 Å². The second kappa shape index (κ2) is 6.51. The minimum Gasteiger partial charge on any atom is -0.340 e. The van der Waals surface area contributed by atoms with Gasteiger partial charge in [0, 0.05) is 30.9 Å². The van der Waals surface area contributed by atoms with Crippen molar-refractivity contribution in [3.63, 3.8) is 0 Å². The largest absolute Gasteiger partial charge is 0.340 e. The number of rotatable bonds is 2. The fraction of sp³-hybridized carbons (Fsp3) is 0.429. The molecular formula is C21H24N2O2. The van der Waals surface area contributed by atoms with Gasteiger partial charge in [0.1, 0.15) is 0 Å². The molecule has 0 N–H and O–H groups in total. The molecule has 0 aromatic heterocycles. The lowest BCUT2D eigenvalue weighted by atomic mass is 9.99. The van der Waals surface area contributed by atoms with Crippen LogP contribution in [0, 0.1) is 5.92 Å². The van der Waals surface area contributed by atoms with E-state index in [4.69, 9.17) is 0 Å². The molecule has 4 nitrogen and oxygen atoms in total. The number of likely N-dealkylation sites (tertiary alicyclic amines) is 1. The van der Waals surface area contributed by atoms with Gasteiger partial charge in [-0.25, -0.2) is 0 Å². The summed E-state index contributed by atoms with van der Waals surface area (Å²) in [6, 6.07) is 14.4. The first kappa shape index (κ1) is 16.1. The monoisotopic (exact) mass is 336 g/mol. The van der Waals surface area contributed by atoms with Crippen LogP contribution in [0.25, 0.3) is 10.8 Å². The van der Waals surface area contributed by atoms with Crippen LogP contribution in [0.15, 0.2) is 42.5 Å². The van der Waals surface area contributed by atoms with Gasteiger partial charge in [-0.15, -0.1) is 0 Å². The molecule has 130 valence electrons. The third-order valence-corrected chi connectivity index (χ3v) is 5.62. The molecule has 2 fully saturated rings. The molecule has 0 aliphatic carbocycles. The minimum atomic E-state index is -0.216. The summed E-state index contributed by atoms with van der Waals surface area (Å²) in [5.41, 5.74) is 0.921. The number of carbonyl (C=O) groups is 2. The van der Waals surface area contributed by atoms with Gasteiger partial charge in [0.15, 0.2) is 0 Å². The first-order chi connectivity index (χ1) is 12.1. The van der Waals surface area contributed by atoms with E-state index in [9.17, 15) is 9.59 Å². The normalized spacial score (nSPS) is 24.1. The molecule has 4 rings (SSSR count). The molecule has 2 saturated heterocycles. The van der Waals surface area contributed by atoms with E-state index in [1.165, 1.54) is 6.42 Å². The lowest BCUT2D eigenvalue weighted by Gasteiger charge is -2.35. The zero-order chi connectivity index (χ0) is 17.4. The molecule has 2 aromatic rings. The molecule has 2 atom stereocenters. The van der Waals surface area contributed by atoms with Crippen LogP contribution < -0.4 is 4.90 Å². The van der Waals surface area contributed by atoms with Gasteiger partial charge in [-0.05, 0) is 37.6 Å². The SMILES string of the molecule is CC1CCCCN1C(=O)C1CC(=O)N(c2cccc3ccccc23)C1. The van der Waals surface area contributed by atoms with Crippen molar-refractivity contribution in [2.75, 3.05) is 18.0 Å². The van der Waals surface area contributed by atoms with Crippen LogP contribution >= 0.6 is 0 Å². The maximum atomic E-state index is 12.9. The number of hydrogen-bond donors (Lipinski definition) is 0. The molecule has 2 aliphatic rings. The maximum Gasteiger partial charge on any atom is 0.228 e. The van der Waals surface area contributed by atoms with E-state index in [0.717, 1.165) is 35.8 Å². The Kier molecular flexibility index (Phi) is 4.20. The second-order valence-corrected chi connectivity index (χ2v) is 7.28. The van der Waals surface area contributed by atoms with Gasteiger partial charge >= 0.3 is 0 Å². The van der Waals surface area contributed by atoms with E-state index in [-0.39, 0.29) is 17.7 Å². The van der Waals surface area contributed by atoms with E-state index >= 15 is 0 Å². The number of anilines is 1. The fourth-order valence-corrected chi connectivity index (χ4v) is 4.21. The Morgan fingerprint density at radius 3 is 2.72 bits per heavy atom. The van der Waals surface area contributed by atoms with Crippen molar-refractivity contribution in [2.45, 2.75) is 38.6 Å². The first-order valence-corrected chi connectivity index (χ1v) is 9.24. The van der Waals surface area contributed by atoms with Gasteiger partial charge in [0.2, 0.25) is 11.8 Å². The molecule has 0 radical (unpaired) electrons. The average Bonchev–Trinajstić information content (AvgIpc) is 3.02. The molecule has 25 heavy (non-hydrogen) atoms. The zero-order valence-electron chi connectivity index (χ0n) is 14.6. The Balaban J connectivity index is 1.59. The smallest absolute Gasteiger partial charge is 0.228 e. The van der Waals surface area contributed by atoms with Crippen molar-refractivity contribution >= 4 is 28.3 Å². The van der Waals surface area contributed by atoms with Crippen LogP contribution in [0.3, 0.4) is 0 Å². The third kappa shape index (κ3) is 2.90. The molecule has 2 heterocycles. The van der Waals surface area contributed by atoms with Crippen LogP contribution in [0.2, 0.25) is 0 Å². The fourth-order valence-electron chi connectivity index (χ4n) is 4.21. The number of carbonyl (C=O) groups excluding carboxylic acids is 2. The van der Waals surface area contributed by atoms with Crippen molar-refractivity contribution in [3.05, 3.63) is 42.5 Å². The van der Waals surface area contributed by atoms with Crippen molar-refractivity contribution in [1.82, 2.24) is 4.90 Å². The summed E-state index contributed by atoms with van der Waals surface area (Å²) in [5, 5.41) is 2.19. The van der Waals surface area contributed by atoms with Gasteiger partial charge in [-0.1, -0.05) is 36.4 Å². The van der Waals surface area contributed by atoms with Crippen molar-refractivity contribution in [1.29, 1.82) is 0 Å². The van der Waals surface area contributed by atoms with E-state index < -0.39 is 0 Å². The van der Waals surface area contributed by atoms with Gasteiger partial charge in [0.25, 0.3) is 0 Å². The summed E-state index contributed by atoms with van der Waals surface area (Å²) in [6.45, 7) is 3.45. The molecule has 2 amide bonds. The second-order valence-electron chi connectivity index (χ2n) is 7.28. The molecule has 0 bridgehead atoms. The van der Waals surface area contributed by atoms with Gasteiger partial charge < -0.3 is 9.80 Å². The standard InChI is InChI=1S/C21H24N2O2/c1-15-7-4-5-12-22(15)21(25)17-13-20(24)23(14-17)19-11-6-9-16-8-2-3-10-18(16)19/h2-3,6,8-11,15,17H,4-5,7,12-14H2,1H3. The number of hydrogen-bond acceptors (Lipinski definition) is 2. The van der Waals surface area contributed by atoms with Crippen molar-refractivity contribution in [2.24, 2.45) is 5.92 Å². The highest BCUT2D eigenvalue weighted by molar-refractivity contribution is 6.07. The number of fused-ring (bicyclic) bond motifs is 1. The van der Waals surface area contributed by atoms with Crippen LogP contribution in [0.4, 0.5) is 5.69 Å². The van der Waals surface area contributed by atoms with E-state index in [0.29, 0.717) is 19.0 Å². The van der Waals surface area contributed by atoms with Crippen molar-refractivity contribution < 1.29 is 9.59 Å². The number of amides is 2. The van der Waals surface area contributed by atoms with Crippen LogP contribution in [-0.2, 0) is 9.59 Å². The predicted molar refractivity (Wildman–Crippen MR) is 99.4 cm³/mol. The Morgan fingerprint density at radius 2 is 1.88 bits per heavy atom. The molecule has 0 saturated carbocycles. The highest BCUT2D eigenvalue weighted by Crippen LogP contribution is 2.33. The average molecular weight is 336 g/mol. The summed E-state index contributed by atoms with van der Waals surface area (Å²) in [6.07, 6.45) is 3.66. The highest BCUT2D eigenvalue weighted by atomic mass is 16.2. The third-order valence-electron chi connectivity index (χ3n) is 5.62. The Labute approximate surface area is 148 Å². The molecule has 2 aliphatic heterocycles. The van der Waals surface area contributed by atoms with E-state index in [2.05, 4.69) is 19.1 Å². The quantitative estimate of drug-likeness (QED) is 0.841. The molecule has 2 aromatic carbocycles. The van der Waals surface area contributed by atoms with E-state index in [1.807, 2.05) is 35.2 Å². The van der Waals surface area contributed by atoms with Crippen molar-refractivity contribution in [3.8, 4) is 0 Å². The summed E-state index contributed by atoms with van der Waals surface area (Å²) in [5.74, 6) is -0.00493. The van der Waals surface area contributed by atoms with Crippen LogP contribution in [-0.4, -0.2) is 35.8 Å². The lowest BCUT2D eigenvalue weighted by Crippen LogP contribution is -2.45. The Hall–Kier alpha value is -2.36. The van der Waals surface area contributed by atoms with Gasteiger partial charge in [-0.2, -0.15) is 0 Å². The topological polar surface area (TPSA) is 40.6 Å². The molecule has 0 spiro atoms. The predicted octanol–water partition coefficient (Wildman–Crippen LogP) is 3.59. The molecular weight excluding hydrogens is 312 g/mol. The zero-order valence-corrected chi connectivity index (χ0v) is 14.6.